The summed E-state index contributed by atoms with van der Waals surface area (Å²) in [6.07, 6.45) is 1.02. The SMILES string of the molecule is CC(C)C1=Nc2ccccc2CC(c2cccs2)N1C.Cl.O. The summed E-state index contributed by atoms with van der Waals surface area (Å²) in [6, 6.07) is 13.3. The fourth-order valence-corrected chi connectivity index (χ4v) is 3.68. The lowest BCUT2D eigenvalue weighted by Gasteiger charge is -2.30. The Hall–Kier alpha value is -1.36. The third kappa shape index (κ3) is 3.51. The van der Waals surface area contributed by atoms with Crippen molar-refractivity contribution >= 4 is 35.3 Å². The van der Waals surface area contributed by atoms with E-state index in [0.29, 0.717) is 12.0 Å². The van der Waals surface area contributed by atoms with Crippen molar-refractivity contribution in [2.24, 2.45) is 10.9 Å². The number of fused-ring (bicyclic) bond motifs is 1. The van der Waals surface area contributed by atoms with Gasteiger partial charge in [-0.25, -0.2) is 4.99 Å². The predicted octanol–water partition coefficient (Wildman–Crippen LogP) is 4.26. The second-order valence-electron chi connectivity index (χ2n) is 5.60. The second kappa shape index (κ2) is 7.77. The molecule has 0 radical (unpaired) electrons. The van der Waals surface area contributed by atoms with Gasteiger partial charge in [0.25, 0.3) is 0 Å². The minimum atomic E-state index is 0. The molecule has 2 heterocycles. The summed E-state index contributed by atoms with van der Waals surface area (Å²) >= 11 is 1.83. The molecule has 1 atom stereocenters. The number of hydrogen-bond donors (Lipinski definition) is 0. The quantitative estimate of drug-likeness (QED) is 0.807. The normalized spacial score (nSPS) is 17.0. The fourth-order valence-electron chi connectivity index (χ4n) is 2.81. The van der Waals surface area contributed by atoms with Crippen LogP contribution in [0.5, 0.6) is 0 Å². The highest BCUT2D eigenvalue weighted by Crippen LogP contribution is 2.35. The number of likely N-dealkylation sites (N-methyl/N-ethyl adjacent to an activating group) is 1. The van der Waals surface area contributed by atoms with Gasteiger partial charge in [0.15, 0.2) is 0 Å². The Morgan fingerprint density at radius 2 is 1.91 bits per heavy atom. The first-order valence-electron chi connectivity index (χ1n) is 7.09. The molecule has 1 aliphatic rings. The van der Waals surface area contributed by atoms with Crippen LogP contribution in [0, 0.1) is 5.92 Å². The molecule has 0 amide bonds. The van der Waals surface area contributed by atoms with Crippen LogP contribution < -0.4 is 0 Å². The molecule has 3 nitrogen and oxygen atoms in total. The largest absolute Gasteiger partial charge is 0.412 e. The monoisotopic (exact) mass is 338 g/mol. The molecule has 0 aliphatic carbocycles. The highest BCUT2D eigenvalue weighted by atomic mass is 35.5. The number of rotatable bonds is 2. The summed E-state index contributed by atoms with van der Waals surface area (Å²) in [4.78, 5) is 8.70. The Morgan fingerprint density at radius 3 is 2.55 bits per heavy atom. The Kier molecular flexibility index (Phi) is 6.60. The van der Waals surface area contributed by atoms with E-state index < -0.39 is 0 Å². The number of benzene rings is 1. The van der Waals surface area contributed by atoms with Crippen LogP contribution in [0.2, 0.25) is 0 Å². The third-order valence-electron chi connectivity index (χ3n) is 3.86. The summed E-state index contributed by atoms with van der Waals surface area (Å²) in [5.41, 5.74) is 2.47. The van der Waals surface area contributed by atoms with E-state index in [4.69, 9.17) is 4.99 Å². The maximum Gasteiger partial charge on any atom is 0.108 e. The molecule has 1 aliphatic heterocycles. The Balaban J connectivity index is 0.00000121. The Bertz CT molecular complexity index is 625. The first-order chi connectivity index (χ1) is 9.66. The van der Waals surface area contributed by atoms with E-state index in [9.17, 15) is 0 Å². The zero-order chi connectivity index (χ0) is 14.1. The lowest BCUT2D eigenvalue weighted by atomic mass is 10.0. The zero-order valence-electron chi connectivity index (χ0n) is 13.1. The molecule has 1 aromatic carbocycles. The van der Waals surface area contributed by atoms with Crippen molar-refractivity contribution in [3.63, 3.8) is 0 Å². The van der Waals surface area contributed by atoms with Gasteiger partial charge in [-0.2, -0.15) is 0 Å². The van der Waals surface area contributed by atoms with E-state index in [0.717, 1.165) is 12.1 Å². The molecular formula is C17H23ClN2OS. The predicted molar refractivity (Wildman–Crippen MR) is 97.8 cm³/mol. The molecule has 0 bridgehead atoms. The fraction of sp³-hybridized carbons (Fsp3) is 0.353. The van der Waals surface area contributed by atoms with E-state index in [1.54, 1.807) is 0 Å². The van der Waals surface area contributed by atoms with Gasteiger partial charge in [0, 0.05) is 17.8 Å². The number of halogens is 1. The summed E-state index contributed by atoms with van der Waals surface area (Å²) in [5.74, 6) is 1.60. The summed E-state index contributed by atoms with van der Waals surface area (Å²) < 4.78 is 0. The number of hydrogen-bond acceptors (Lipinski definition) is 3. The summed E-state index contributed by atoms with van der Waals surface area (Å²) in [6.45, 7) is 4.43. The van der Waals surface area contributed by atoms with Crippen molar-refractivity contribution in [2.75, 3.05) is 7.05 Å². The van der Waals surface area contributed by atoms with E-state index in [1.165, 1.54) is 16.3 Å². The smallest absolute Gasteiger partial charge is 0.108 e. The van der Waals surface area contributed by atoms with Crippen molar-refractivity contribution in [2.45, 2.75) is 26.3 Å². The van der Waals surface area contributed by atoms with E-state index in [1.807, 2.05) is 11.3 Å². The minimum absolute atomic E-state index is 0. The molecule has 0 spiro atoms. The maximum atomic E-state index is 4.93. The topological polar surface area (TPSA) is 47.1 Å². The number of aliphatic imine (C=N–C) groups is 1. The molecule has 5 heteroatoms. The molecule has 2 N–H and O–H groups in total. The highest BCUT2D eigenvalue weighted by molar-refractivity contribution is 7.10. The van der Waals surface area contributed by atoms with Gasteiger partial charge in [-0.3, -0.25) is 0 Å². The van der Waals surface area contributed by atoms with Crippen LogP contribution in [0.4, 0.5) is 5.69 Å². The molecule has 0 saturated heterocycles. The van der Waals surface area contributed by atoms with Gasteiger partial charge in [-0.1, -0.05) is 38.1 Å². The molecule has 120 valence electrons. The molecule has 3 rings (SSSR count). The van der Waals surface area contributed by atoms with Crippen LogP contribution in [-0.2, 0) is 6.42 Å². The molecule has 2 aromatic rings. The maximum absolute atomic E-state index is 4.93. The van der Waals surface area contributed by atoms with Crippen LogP contribution >= 0.6 is 23.7 Å². The Labute approximate surface area is 142 Å². The van der Waals surface area contributed by atoms with Crippen LogP contribution in [0.25, 0.3) is 0 Å². The molecular weight excluding hydrogens is 316 g/mol. The van der Waals surface area contributed by atoms with Crippen molar-refractivity contribution in [1.82, 2.24) is 4.90 Å². The van der Waals surface area contributed by atoms with E-state index in [2.05, 4.69) is 67.6 Å². The summed E-state index contributed by atoms with van der Waals surface area (Å²) in [7, 11) is 2.18. The molecule has 1 aromatic heterocycles. The van der Waals surface area contributed by atoms with Gasteiger partial charge in [-0.15, -0.1) is 23.7 Å². The first-order valence-corrected chi connectivity index (χ1v) is 7.97. The third-order valence-corrected chi connectivity index (χ3v) is 4.83. The van der Waals surface area contributed by atoms with Gasteiger partial charge in [0.2, 0.25) is 0 Å². The highest BCUT2D eigenvalue weighted by Gasteiger charge is 2.26. The van der Waals surface area contributed by atoms with Gasteiger partial charge in [-0.05, 0) is 29.5 Å². The number of para-hydroxylation sites is 1. The van der Waals surface area contributed by atoms with Crippen LogP contribution in [-0.4, -0.2) is 23.3 Å². The van der Waals surface area contributed by atoms with Gasteiger partial charge in [0.1, 0.15) is 5.84 Å². The molecule has 1 unspecified atom stereocenters. The molecule has 0 saturated carbocycles. The summed E-state index contributed by atoms with van der Waals surface area (Å²) in [5, 5.41) is 2.16. The average Bonchev–Trinajstić information content (AvgIpc) is 2.91. The zero-order valence-corrected chi connectivity index (χ0v) is 14.7. The lowest BCUT2D eigenvalue weighted by molar-refractivity contribution is 0.366. The van der Waals surface area contributed by atoms with Crippen LogP contribution in [0.15, 0.2) is 46.8 Å². The van der Waals surface area contributed by atoms with Crippen molar-refractivity contribution in [3.05, 3.63) is 52.2 Å². The Morgan fingerprint density at radius 1 is 1.18 bits per heavy atom. The van der Waals surface area contributed by atoms with E-state index in [-0.39, 0.29) is 17.9 Å². The molecule has 0 fully saturated rings. The standard InChI is InChI=1S/C17H20N2S.ClH.H2O/c1-12(2)17-18-14-8-5-4-7-13(14)11-15(19(17)3)16-9-6-10-20-16;;/h4-10,12,15H,11H2,1-3H3;1H;1H2. The second-order valence-corrected chi connectivity index (χ2v) is 6.58. The van der Waals surface area contributed by atoms with Crippen LogP contribution in [0.1, 0.15) is 30.3 Å². The van der Waals surface area contributed by atoms with E-state index >= 15 is 0 Å². The minimum Gasteiger partial charge on any atom is -0.412 e. The first kappa shape index (κ1) is 18.7. The number of nitrogens with zero attached hydrogens (tertiary/aromatic N) is 2. The van der Waals surface area contributed by atoms with Crippen molar-refractivity contribution in [1.29, 1.82) is 0 Å². The van der Waals surface area contributed by atoms with Crippen LogP contribution in [0.3, 0.4) is 0 Å². The number of thiophene rings is 1. The van der Waals surface area contributed by atoms with Gasteiger partial charge in [0.05, 0.1) is 11.7 Å². The lowest BCUT2D eigenvalue weighted by Crippen LogP contribution is -2.34. The van der Waals surface area contributed by atoms with Crippen molar-refractivity contribution in [3.8, 4) is 0 Å². The average molecular weight is 339 g/mol. The van der Waals surface area contributed by atoms with Crippen molar-refractivity contribution < 1.29 is 5.48 Å². The van der Waals surface area contributed by atoms with Gasteiger partial charge >= 0.3 is 0 Å². The van der Waals surface area contributed by atoms with Gasteiger partial charge < -0.3 is 10.4 Å². The molecule has 22 heavy (non-hydrogen) atoms. The number of amidine groups is 1.